The van der Waals surface area contributed by atoms with Crippen molar-refractivity contribution in [3.8, 4) is 11.8 Å². The summed E-state index contributed by atoms with van der Waals surface area (Å²) in [6, 6.07) is 6.62. The number of fused-ring (bicyclic) bond motifs is 1. The van der Waals surface area contributed by atoms with Crippen LogP contribution in [0.3, 0.4) is 0 Å². The van der Waals surface area contributed by atoms with E-state index in [1.165, 1.54) is 18.3 Å². The van der Waals surface area contributed by atoms with Crippen LogP contribution in [0.4, 0.5) is 14.5 Å². The Morgan fingerprint density at radius 3 is 2.84 bits per heavy atom. The lowest BCUT2D eigenvalue weighted by Crippen LogP contribution is -2.18. The highest BCUT2D eigenvalue weighted by Crippen LogP contribution is 2.32. The summed E-state index contributed by atoms with van der Waals surface area (Å²) < 4.78 is 29.5. The number of pyridine rings is 1. The van der Waals surface area contributed by atoms with Crippen LogP contribution in [0, 0.1) is 18.3 Å². The number of alkyl halides is 2. The van der Waals surface area contributed by atoms with Gasteiger partial charge in [0.05, 0.1) is 34.0 Å². The number of ether oxygens (including phenoxy) is 1. The Hall–Kier alpha value is -2.79. The molecule has 128 valence electrons. The largest absolute Gasteiger partial charge is 0.435 e. The van der Waals surface area contributed by atoms with Crippen molar-refractivity contribution in [3.63, 3.8) is 0 Å². The predicted octanol–water partition coefficient (Wildman–Crippen LogP) is 4.11. The molecule has 0 aliphatic carbocycles. The fraction of sp³-hybridized carbons (Fsp3) is 0.235. The molecule has 0 radical (unpaired) electrons. The van der Waals surface area contributed by atoms with Crippen molar-refractivity contribution in [2.45, 2.75) is 20.1 Å². The first-order valence-electron chi connectivity index (χ1n) is 7.37. The van der Waals surface area contributed by atoms with Gasteiger partial charge < -0.3 is 9.64 Å². The van der Waals surface area contributed by atoms with E-state index in [4.69, 9.17) is 0 Å². The molecule has 0 spiro atoms. The Labute approximate surface area is 147 Å². The molecule has 0 fully saturated rings. The number of nitrogens with zero attached hydrogens (tertiary/aromatic N) is 4. The molecule has 2 aromatic heterocycles. The molecule has 25 heavy (non-hydrogen) atoms. The number of hydrogen-bond acceptors (Lipinski definition) is 6. The first-order chi connectivity index (χ1) is 12.0. The summed E-state index contributed by atoms with van der Waals surface area (Å²) >= 11 is 1.55. The zero-order valence-corrected chi connectivity index (χ0v) is 14.3. The van der Waals surface area contributed by atoms with E-state index in [0.29, 0.717) is 28.7 Å². The van der Waals surface area contributed by atoms with Crippen LogP contribution in [0.2, 0.25) is 0 Å². The van der Waals surface area contributed by atoms with Gasteiger partial charge in [0.25, 0.3) is 0 Å². The Morgan fingerprint density at radius 2 is 2.20 bits per heavy atom. The minimum atomic E-state index is -2.91. The third-order valence-electron chi connectivity index (χ3n) is 3.60. The van der Waals surface area contributed by atoms with Crippen molar-refractivity contribution in [2.24, 2.45) is 0 Å². The molecule has 5 nitrogen and oxygen atoms in total. The molecular weight excluding hydrogens is 346 g/mol. The molecule has 3 aromatic rings. The van der Waals surface area contributed by atoms with E-state index < -0.39 is 6.61 Å². The van der Waals surface area contributed by atoms with Crippen molar-refractivity contribution < 1.29 is 13.5 Å². The monoisotopic (exact) mass is 360 g/mol. The SMILES string of the molecule is Cc1nc(CN(C)c2c(C#N)cnc3ccc(OC(F)F)cc23)cs1. The number of hydrogen-bond donors (Lipinski definition) is 0. The fourth-order valence-electron chi connectivity index (χ4n) is 2.63. The van der Waals surface area contributed by atoms with Crippen LogP contribution in [-0.2, 0) is 6.54 Å². The zero-order valence-electron chi connectivity index (χ0n) is 13.5. The standard InChI is InChI=1S/C17H14F2N4OS/c1-10-22-12(9-25-10)8-23(2)16-11(6-20)7-21-15-4-3-13(5-14(15)16)24-17(18)19/h3-5,7,9,17H,8H2,1-2H3. The van der Waals surface area contributed by atoms with Crippen LogP contribution in [0.15, 0.2) is 29.8 Å². The van der Waals surface area contributed by atoms with Crippen LogP contribution in [-0.4, -0.2) is 23.6 Å². The van der Waals surface area contributed by atoms with Gasteiger partial charge >= 0.3 is 6.61 Å². The summed E-state index contributed by atoms with van der Waals surface area (Å²) in [6.07, 6.45) is 1.48. The number of nitriles is 1. The molecule has 1 aromatic carbocycles. The highest BCUT2D eigenvalue weighted by atomic mass is 32.1. The van der Waals surface area contributed by atoms with E-state index in [2.05, 4.69) is 20.8 Å². The number of rotatable bonds is 5. The topological polar surface area (TPSA) is 62.0 Å². The van der Waals surface area contributed by atoms with Gasteiger partial charge in [-0.15, -0.1) is 11.3 Å². The van der Waals surface area contributed by atoms with Gasteiger partial charge in [0.2, 0.25) is 0 Å². The number of anilines is 1. The highest BCUT2D eigenvalue weighted by molar-refractivity contribution is 7.09. The Morgan fingerprint density at radius 1 is 1.40 bits per heavy atom. The molecule has 8 heteroatoms. The van der Waals surface area contributed by atoms with E-state index in [-0.39, 0.29) is 5.75 Å². The van der Waals surface area contributed by atoms with Crippen molar-refractivity contribution in [1.82, 2.24) is 9.97 Å². The summed E-state index contributed by atoms with van der Waals surface area (Å²) in [4.78, 5) is 10.5. The van der Waals surface area contributed by atoms with Gasteiger partial charge in [-0.3, -0.25) is 4.98 Å². The molecule has 0 amide bonds. The van der Waals surface area contributed by atoms with E-state index >= 15 is 0 Å². The van der Waals surface area contributed by atoms with Crippen LogP contribution in [0.1, 0.15) is 16.3 Å². The maximum Gasteiger partial charge on any atom is 0.387 e. The van der Waals surface area contributed by atoms with Crippen LogP contribution < -0.4 is 9.64 Å². The van der Waals surface area contributed by atoms with E-state index in [1.54, 1.807) is 17.4 Å². The lowest BCUT2D eigenvalue weighted by atomic mass is 10.1. The molecule has 2 heterocycles. The smallest absolute Gasteiger partial charge is 0.387 e. The molecule has 0 saturated heterocycles. The van der Waals surface area contributed by atoms with E-state index in [1.807, 2.05) is 24.3 Å². The Bertz CT molecular complexity index is 951. The maximum absolute atomic E-state index is 12.5. The second kappa shape index (κ2) is 6.99. The van der Waals surface area contributed by atoms with E-state index in [9.17, 15) is 14.0 Å². The second-order valence-corrected chi connectivity index (χ2v) is 6.47. The van der Waals surface area contributed by atoms with E-state index in [0.717, 1.165) is 10.7 Å². The van der Waals surface area contributed by atoms with Crippen LogP contribution in [0.5, 0.6) is 5.75 Å². The molecular formula is C17H14F2N4OS. The first-order valence-corrected chi connectivity index (χ1v) is 8.25. The highest BCUT2D eigenvalue weighted by Gasteiger charge is 2.16. The normalized spacial score (nSPS) is 10.9. The minimum Gasteiger partial charge on any atom is -0.435 e. The maximum atomic E-state index is 12.5. The van der Waals surface area contributed by atoms with Gasteiger partial charge in [-0.05, 0) is 25.1 Å². The van der Waals surface area contributed by atoms with Gasteiger partial charge in [-0.2, -0.15) is 14.0 Å². The molecule has 3 rings (SSSR count). The number of halogens is 2. The van der Waals surface area contributed by atoms with Gasteiger partial charge in [-0.25, -0.2) is 4.98 Å². The number of aromatic nitrogens is 2. The number of benzene rings is 1. The first kappa shape index (κ1) is 17.0. The molecule has 0 atom stereocenters. The zero-order chi connectivity index (χ0) is 18.0. The van der Waals surface area contributed by atoms with Gasteiger partial charge in [0, 0.05) is 24.0 Å². The van der Waals surface area contributed by atoms with Gasteiger partial charge in [-0.1, -0.05) is 0 Å². The van der Waals surface area contributed by atoms with Crippen molar-refractivity contribution in [1.29, 1.82) is 5.26 Å². The molecule has 0 aliphatic rings. The van der Waals surface area contributed by atoms with Crippen LogP contribution in [0.25, 0.3) is 10.9 Å². The molecule has 0 unspecified atom stereocenters. The summed E-state index contributed by atoms with van der Waals surface area (Å²) in [6.45, 7) is -0.508. The molecule has 0 aliphatic heterocycles. The Balaban J connectivity index is 2.08. The van der Waals surface area contributed by atoms with Crippen molar-refractivity contribution >= 4 is 27.9 Å². The summed E-state index contributed by atoms with van der Waals surface area (Å²) in [7, 11) is 1.82. The fourth-order valence-corrected chi connectivity index (χ4v) is 3.23. The number of aryl methyl sites for hydroxylation is 1. The van der Waals surface area contributed by atoms with Crippen molar-refractivity contribution in [2.75, 3.05) is 11.9 Å². The molecule has 0 saturated carbocycles. The molecule has 0 N–H and O–H groups in total. The van der Waals surface area contributed by atoms with Gasteiger partial charge in [0.15, 0.2) is 0 Å². The summed E-state index contributed by atoms with van der Waals surface area (Å²) in [5.41, 5.74) is 2.43. The summed E-state index contributed by atoms with van der Waals surface area (Å²) in [5, 5.41) is 12.9. The average Bonchev–Trinajstić information content (AvgIpc) is 2.97. The average molecular weight is 360 g/mol. The van der Waals surface area contributed by atoms with Crippen LogP contribution >= 0.6 is 11.3 Å². The summed E-state index contributed by atoms with van der Waals surface area (Å²) in [5.74, 6) is 0.0264. The van der Waals surface area contributed by atoms with Gasteiger partial charge in [0.1, 0.15) is 11.8 Å². The predicted molar refractivity (Wildman–Crippen MR) is 92.0 cm³/mol. The molecule has 0 bridgehead atoms. The third-order valence-corrected chi connectivity index (χ3v) is 4.43. The quantitative estimate of drug-likeness (QED) is 0.685. The number of thiazole rings is 1. The minimum absolute atomic E-state index is 0.0264. The third kappa shape index (κ3) is 3.67. The second-order valence-electron chi connectivity index (χ2n) is 5.40. The lowest BCUT2D eigenvalue weighted by molar-refractivity contribution is -0.0497. The lowest BCUT2D eigenvalue weighted by Gasteiger charge is -2.21. The van der Waals surface area contributed by atoms with Crippen molar-refractivity contribution in [3.05, 3.63) is 46.0 Å². The Kier molecular flexibility index (Phi) is 4.76.